The van der Waals surface area contributed by atoms with Crippen LogP contribution in [0.2, 0.25) is 0 Å². The van der Waals surface area contributed by atoms with E-state index in [4.69, 9.17) is 0 Å². The second kappa shape index (κ2) is 6.19. The van der Waals surface area contributed by atoms with Crippen LogP contribution >= 0.6 is 0 Å². The van der Waals surface area contributed by atoms with Crippen molar-refractivity contribution in [2.24, 2.45) is 5.41 Å². The smallest absolute Gasteiger partial charge is 0.170 e. The number of aryl methyl sites for hydroxylation is 2. The SMILES string of the molecule is CCC(C)(C)CCC(c1ccc(C)c(C)c1)C(F)(F)F. The summed E-state index contributed by atoms with van der Waals surface area (Å²) < 4.78 is 40.0. The van der Waals surface area contributed by atoms with E-state index in [-0.39, 0.29) is 11.8 Å². The lowest BCUT2D eigenvalue weighted by atomic mass is 9.80. The number of hydrogen-bond acceptors (Lipinski definition) is 0. The van der Waals surface area contributed by atoms with Crippen molar-refractivity contribution >= 4 is 0 Å². The van der Waals surface area contributed by atoms with Crippen LogP contribution < -0.4 is 0 Å². The van der Waals surface area contributed by atoms with E-state index in [9.17, 15) is 13.2 Å². The zero-order chi connectivity index (χ0) is 15.6. The molecule has 3 heteroatoms. The number of rotatable bonds is 5. The van der Waals surface area contributed by atoms with Gasteiger partial charge in [-0.05, 0) is 48.8 Å². The van der Waals surface area contributed by atoms with Gasteiger partial charge >= 0.3 is 6.18 Å². The third kappa shape index (κ3) is 4.53. The predicted octanol–water partition coefficient (Wildman–Crippen LogP) is 6.17. The molecule has 20 heavy (non-hydrogen) atoms. The van der Waals surface area contributed by atoms with Crippen LogP contribution in [0, 0.1) is 19.3 Å². The maximum atomic E-state index is 13.3. The summed E-state index contributed by atoms with van der Waals surface area (Å²) in [7, 11) is 0. The highest BCUT2D eigenvalue weighted by Gasteiger charge is 2.41. The van der Waals surface area contributed by atoms with Crippen molar-refractivity contribution in [3.63, 3.8) is 0 Å². The second-order valence-corrected chi connectivity index (χ2v) is 6.49. The Kier molecular flexibility index (Phi) is 5.28. The van der Waals surface area contributed by atoms with Gasteiger partial charge in [-0.3, -0.25) is 0 Å². The summed E-state index contributed by atoms with van der Waals surface area (Å²) in [6.45, 7) is 9.87. The average Bonchev–Trinajstić information content (AvgIpc) is 2.32. The Bertz CT molecular complexity index is 444. The lowest BCUT2D eigenvalue weighted by molar-refractivity contribution is -0.153. The molecule has 0 heterocycles. The molecule has 0 aromatic heterocycles. The molecule has 0 fully saturated rings. The van der Waals surface area contributed by atoms with Gasteiger partial charge in [0.25, 0.3) is 0 Å². The van der Waals surface area contributed by atoms with Gasteiger partial charge in [-0.1, -0.05) is 45.4 Å². The average molecular weight is 286 g/mol. The Morgan fingerprint density at radius 2 is 1.65 bits per heavy atom. The van der Waals surface area contributed by atoms with E-state index < -0.39 is 12.1 Å². The fourth-order valence-electron chi connectivity index (χ4n) is 2.21. The van der Waals surface area contributed by atoms with E-state index in [2.05, 4.69) is 0 Å². The molecule has 0 aliphatic carbocycles. The van der Waals surface area contributed by atoms with Gasteiger partial charge in [-0.2, -0.15) is 13.2 Å². The molecule has 0 saturated carbocycles. The molecule has 1 rings (SSSR count). The van der Waals surface area contributed by atoms with E-state index in [1.165, 1.54) is 0 Å². The van der Waals surface area contributed by atoms with Gasteiger partial charge in [0.2, 0.25) is 0 Å². The van der Waals surface area contributed by atoms with Gasteiger partial charge in [0.1, 0.15) is 0 Å². The molecule has 0 aliphatic heterocycles. The molecule has 0 N–H and O–H groups in total. The van der Waals surface area contributed by atoms with Crippen LogP contribution in [0.4, 0.5) is 13.2 Å². The summed E-state index contributed by atoms with van der Waals surface area (Å²) in [5.74, 6) is -1.35. The monoisotopic (exact) mass is 286 g/mol. The summed E-state index contributed by atoms with van der Waals surface area (Å²) in [6.07, 6.45) is -2.54. The van der Waals surface area contributed by atoms with Crippen LogP contribution in [-0.2, 0) is 0 Å². The third-order valence-corrected chi connectivity index (χ3v) is 4.40. The predicted molar refractivity (Wildman–Crippen MR) is 78.0 cm³/mol. The highest BCUT2D eigenvalue weighted by atomic mass is 19.4. The molecule has 0 saturated heterocycles. The minimum absolute atomic E-state index is 0.0385. The third-order valence-electron chi connectivity index (χ3n) is 4.40. The van der Waals surface area contributed by atoms with Crippen LogP contribution in [0.1, 0.15) is 62.6 Å². The quantitative estimate of drug-likeness (QED) is 0.607. The number of halogens is 3. The first-order valence-corrected chi connectivity index (χ1v) is 7.20. The van der Waals surface area contributed by atoms with Crippen LogP contribution in [0.3, 0.4) is 0 Å². The largest absolute Gasteiger partial charge is 0.395 e. The molecular formula is C17H25F3. The number of benzene rings is 1. The molecule has 1 aromatic rings. The van der Waals surface area contributed by atoms with Crippen LogP contribution in [0.5, 0.6) is 0 Å². The highest BCUT2D eigenvalue weighted by molar-refractivity contribution is 5.32. The van der Waals surface area contributed by atoms with Crippen molar-refractivity contribution < 1.29 is 13.2 Å². The molecule has 0 nitrogen and oxygen atoms in total. The summed E-state index contributed by atoms with van der Waals surface area (Å²) in [5.41, 5.74) is 2.31. The lowest BCUT2D eigenvalue weighted by Crippen LogP contribution is -2.23. The lowest BCUT2D eigenvalue weighted by Gasteiger charge is -2.27. The van der Waals surface area contributed by atoms with Crippen molar-refractivity contribution in [2.45, 2.75) is 66.0 Å². The van der Waals surface area contributed by atoms with Crippen LogP contribution in [0.25, 0.3) is 0 Å². The van der Waals surface area contributed by atoms with E-state index >= 15 is 0 Å². The summed E-state index contributed by atoms with van der Waals surface area (Å²) in [4.78, 5) is 0. The molecule has 1 unspecified atom stereocenters. The van der Waals surface area contributed by atoms with E-state index in [0.717, 1.165) is 17.5 Å². The topological polar surface area (TPSA) is 0 Å². The summed E-state index contributed by atoms with van der Waals surface area (Å²) >= 11 is 0. The fraction of sp³-hybridized carbons (Fsp3) is 0.647. The van der Waals surface area contributed by atoms with Crippen molar-refractivity contribution in [3.05, 3.63) is 34.9 Å². The minimum Gasteiger partial charge on any atom is -0.170 e. The van der Waals surface area contributed by atoms with Crippen molar-refractivity contribution in [2.75, 3.05) is 0 Å². The van der Waals surface area contributed by atoms with E-state index in [0.29, 0.717) is 12.0 Å². The highest BCUT2D eigenvalue weighted by Crippen LogP contribution is 2.41. The molecule has 0 spiro atoms. The van der Waals surface area contributed by atoms with Crippen LogP contribution in [-0.4, -0.2) is 6.18 Å². The number of hydrogen-bond donors (Lipinski definition) is 0. The zero-order valence-electron chi connectivity index (χ0n) is 13.1. The first kappa shape index (κ1) is 17.1. The molecule has 0 radical (unpaired) electrons. The Hall–Kier alpha value is -0.990. The molecule has 0 bridgehead atoms. The van der Waals surface area contributed by atoms with Crippen LogP contribution in [0.15, 0.2) is 18.2 Å². The maximum absolute atomic E-state index is 13.3. The van der Waals surface area contributed by atoms with Crippen molar-refractivity contribution in [1.29, 1.82) is 0 Å². The Balaban J connectivity index is 2.98. The molecule has 0 amide bonds. The Morgan fingerprint density at radius 3 is 2.10 bits per heavy atom. The standard InChI is InChI=1S/C17H25F3/c1-6-16(4,5)10-9-15(17(18,19)20)14-8-7-12(2)13(3)11-14/h7-8,11,15H,6,9-10H2,1-5H3. The van der Waals surface area contributed by atoms with Gasteiger partial charge in [-0.25, -0.2) is 0 Å². The Labute approximate surface area is 120 Å². The van der Waals surface area contributed by atoms with E-state index in [1.807, 2.05) is 34.6 Å². The van der Waals surface area contributed by atoms with Crippen molar-refractivity contribution in [1.82, 2.24) is 0 Å². The molecular weight excluding hydrogens is 261 g/mol. The fourth-order valence-corrected chi connectivity index (χ4v) is 2.21. The van der Waals surface area contributed by atoms with Gasteiger partial charge < -0.3 is 0 Å². The summed E-state index contributed by atoms with van der Waals surface area (Å²) in [5, 5.41) is 0. The molecule has 114 valence electrons. The second-order valence-electron chi connectivity index (χ2n) is 6.49. The normalized spacial score (nSPS) is 14.4. The van der Waals surface area contributed by atoms with Gasteiger partial charge in [0.15, 0.2) is 0 Å². The molecule has 1 aromatic carbocycles. The zero-order valence-corrected chi connectivity index (χ0v) is 13.1. The maximum Gasteiger partial charge on any atom is 0.395 e. The Morgan fingerprint density at radius 1 is 1.05 bits per heavy atom. The molecule has 0 aliphatic rings. The summed E-state index contributed by atoms with van der Waals surface area (Å²) in [6, 6.07) is 5.10. The van der Waals surface area contributed by atoms with Gasteiger partial charge in [0, 0.05) is 0 Å². The van der Waals surface area contributed by atoms with Gasteiger partial charge in [0.05, 0.1) is 5.92 Å². The first-order valence-electron chi connectivity index (χ1n) is 7.20. The van der Waals surface area contributed by atoms with Gasteiger partial charge in [-0.15, -0.1) is 0 Å². The minimum atomic E-state index is -4.18. The first-order chi connectivity index (χ1) is 9.07. The number of alkyl halides is 3. The van der Waals surface area contributed by atoms with E-state index in [1.54, 1.807) is 18.2 Å². The molecule has 1 atom stereocenters. The van der Waals surface area contributed by atoms with Crippen molar-refractivity contribution in [3.8, 4) is 0 Å².